The molecule has 0 radical (unpaired) electrons. The average molecular weight is 289 g/mol. The summed E-state index contributed by atoms with van der Waals surface area (Å²) in [6.45, 7) is 10.8. The largest absolute Gasteiger partial charge is 0.384 e. The van der Waals surface area contributed by atoms with Crippen LogP contribution in [-0.2, 0) is 4.74 Å². The lowest BCUT2D eigenvalue weighted by Crippen LogP contribution is -2.44. The van der Waals surface area contributed by atoms with Crippen molar-refractivity contribution in [2.45, 2.75) is 19.4 Å². The van der Waals surface area contributed by atoms with Crippen molar-refractivity contribution in [1.29, 1.82) is 0 Å². The van der Waals surface area contributed by atoms with Crippen molar-refractivity contribution in [2.24, 2.45) is 0 Å². The van der Waals surface area contributed by atoms with E-state index in [1.54, 1.807) is 0 Å². The minimum atomic E-state index is 0.743. The van der Waals surface area contributed by atoms with E-state index in [-0.39, 0.29) is 0 Å². The average Bonchev–Trinajstić information content (AvgIpc) is 2.97. The van der Waals surface area contributed by atoms with E-state index in [9.17, 15) is 0 Å². The van der Waals surface area contributed by atoms with Crippen molar-refractivity contribution in [1.82, 2.24) is 9.80 Å². The molecule has 0 amide bonds. The number of nitrogens with one attached hydrogen (secondary N) is 1. The Morgan fingerprint density at radius 2 is 2.10 bits per heavy atom. The van der Waals surface area contributed by atoms with Crippen LogP contribution in [0.3, 0.4) is 0 Å². The van der Waals surface area contributed by atoms with Gasteiger partial charge in [-0.05, 0) is 37.6 Å². The van der Waals surface area contributed by atoms with E-state index in [0.29, 0.717) is 0 Å². The molecule has 0 bridgehead atoms. The topological polar surface area (TPSA) is 27.7 Å². The summed E-state index contributed by atoms with van der Waals surface area (Å²) in [6, 6.07) is 9.35. The molecule has 2 heterocycles. The zero-order valence-electron chi connectivity index (χ0n) is 13.1. The minimum absolute atomic E-state index is 0.743. The zero-order chi connectivity index (χ0) is 14.5. The Kier molecular flexibility index (Phi) is 5.12. The normalized spacial score (nSPS) is 24.3. The molecule has 21 heavy (non-hydrogen) atoms. The van der Waals surface area contributed by atoms with Gasteiger partial charge in [-0.15, -0.1) is 0 Å². The maximum atomic E-state index is 5.44. The van der Waals surface area contributed by atoms with E-state index in [4.69, 9.17) is 4.74 Å². The molecule has 0 aliphatic carbocycles. The third kappa shape index (κ3) is 4.19. The van der Waals surface area contributed by atoms with Crippen molar-refractivity contribution in [3.63, 3.8) is 0 Å². The maximum absolute atomic E-state index is 5.44. The lowest BCUT2D eigenvalue weighted by Gasteiger charge is -2.32. The summed E-state index contributed by atoms with van der Waals surface area (Å²) in [5, 5.41) is 3.53. The molecule has 1 unspecified atom stereocenters. The number of nitrogens with zero attached hydrogens (tertiary/aromatic N) is 2. The van der Waals surface area contributed by atoms with Crippen LogP contribution in [0, 0.1) is 6.92 Å². The minimum Gasteiger partial charge on any atom is -0.384 e. The number of ether oxygens (including phenoxy) is 1. The molecule has 1 N–H and O–H groups in total. The van der Waals surface area contributed by atoms with Gasteiger partial charge in [-0.1, -0.05) is 12.1 Å². The van der Waals surface area contributed by atoms with E-state index in [0.717, 1.165) is 45.4 Å². The van der Waals surface area contributed by atoms with Gasteiger partial charge in [0, 0.05) is 44.5 Å². The van der Waals surface area contributed by atoms with E-state index in [1.165, 1.54) is 30.8 Å². The van der Waals surface area contributed by atoms with Gasteiger partial charge in [0.2, 0.25) is 0 Å². The predicted molar refractivity (Wildman–Crippen MR) is 86.9 cm³/mol. The van der Waals surface area contributed by atoms with E-state index >= 15 is 0 Å². The van der Waals surface area contributed by atoms with Gasteiger partial charge in [0.1, 0.15) is 0 Å². The van der Waals surface area contributed by atoms with Crippen molar-refractivity contribution < 1.29 is 4.74 Å². The zero-order valence-corrected chi connectivity index (χ0v) is 13.1. The number of hydrogen-bond donors (Lipinski definition) is 1. The molecule has 2 saturated heterocycles. The second-order valence-electron chi connectivity index (χ2n) is 6.19. The lowest BCUT2D eigenvalue weighted by molar-refractivity contribution is 0.0186. The molecule has 3 rings (SSSR count). The highest BCUT2D eigenvalue weighted by molar-refractivity contribution is 5.45. The monoisotopic (exact) mass is 289 g/mol. The summed E-state index contributed by atoms with van der Waals surface area (Å²) in [6.07, 6.45) is 1.31. The van der Waals surface area contributed by atoms with Gasteiger partial charge in [0.25, 0.3) is 0 Å². The van der Waals surface area contributed by atoms with Gasteiger partial charge in [0.15, 0.2) is 0 Å². The number of likely N-dealkylation sites (tertiary alicyclic amines) is 1. The van der Waals surface area contributed by atoms with Gasteiger partial charge in [-0.25, -0.2) is 0 Å². The first kappa shape index (κ1) is 14.8. The first-order valence-electron chi connectivity index (χ1n) is 8.16. The second-order valence-corrected chi connectivity index (χ2v) is 6.19. The summed E-state index contributed by atoms with van der Waals surface area (Å²) >= 11 is 0. The highest BCUT2D eigenvalue weighted by Gasteiger charge is 2.28. The molecule has 2 aliphatic rings. The summed E-state index contributed by atoms with van der Waals surface area (Å²) in [7, 11) is 0. The van der Waals surface area contributed by atoms with Gasteiger partial charge in [0.05, 0.1) is 13.2 Å². The van der Waals surface area contributed by atoms with Crippen LogP contribution >= 0.6 is 0 Å². The van der Waals surface area contributed by atoms with Gasteiger partial charge < -0.3 is 10.1 Å². The molecule has 4 heteroatoms. The molecule has 2 fully saturated rings. The van der Waals surface area contributed by atoms with Crippen molar-refractivity contribution in [2.75, 3.05) is 57.8 Å². The Labute approximate surface area is 128 Å². The quantitative estimate of drug-likeness (QED) is 0.895. The summed E-state index contributed by atoms with van der Waals surface area (Å²) in [5.74, 6) is 0. The van der Waals surface area contributed by atoms with E-state index in [2.05, 4.69) is 46.3 Å². The molecule has 4 nitrogen and oxygen atoms in total. The number of hydrogen-bond acceptors (Lipinski definition) is 4. The van der Waals surface area contributed by atoms with E-state index in [1.807, 2.05) is 0 Å². The van der Waals surface area contributed by atoms with Crippen LogP contribution in [-0.4, -0.2) is 68.3 Å². The SMILES string of the molecule is Cc1cccc(NCCN2CCC(N3CCOCC3)C2)c1. The van der Waals surface area contributed by atoms with Crippen molar-refractivity contribution in [3.8, 4) is 0 Å². The molecule has 0 saturated carbocycles. The fraction of sp³-hybridized carbons (Fsp3) is 0.647. The second kappa shape index (κ2) is 7.25. The van der Waals surface area contributed by atoms with Crippen LogP contribution in [0.4, 0.5) is 5.69 Å². The summed E-state index contributed by atoms with van der Waals surface area (Å²) in [4.78, 5) is 5.19. The van der Waals surface area contributed by atoms with Crippen LogP contribution in [0.15, 0.2) is 24.3 Å². The maximum Gasteiger partial charge on any atom is 0.0594 e. The van der Waals surface area contributed by atoms with Crippen molar-refractivity contribution in [3.05, 3.63) is 29.8 Å². The predicted octanol–water partition coefficient (Wildman–Crippen LogP) is 1.81. The van der Waals surface area contributed by atoms with Crippen LogP contribution in [0.1, 0.15) is 12.0 Å². The van der Waals surface area contributed by atoms with Crippen LogP contribution in [0.25, 0.3) is 0 Å². The van der Waals surface area contributed by atoms with Gasteiger partial charge >= 0.3 is 0 Å². The Morgan fingerprint density at radius 1 is 1.24 bits per heavy atom. The van der Waals surface area contributed by atoms with Crippen LogP contribution in [0.2, 0.25) is 0 Å². The van der Waals surface area contributed by atoms with Gasteiger partial charge in [-0.3, -0.25) is 9.80 Å². The molecular weight excluding hydrogens is 262 g/mol. The van der Waals surface area contributed by atoms with Gasteiger partial charge in [-0.2, -0.15) is 0 Å². The lowest BCUT2D eigenvalue weighted by atomic mass is 10.2. The molecule has 2 aliphatic heterocycles. The third-order valence-corrected chi connectivity index (χ3v) is 4.58. The Hall–Kier alpha value is -1.10. The highest BCUT2D eigenvalue weighted by atomic mass is 16.5. The number of aryl methyl sites for hydroxylation is 1. The molecular formula is C17H27N3O. The molecule has 116 valence electrons. The highest BCUT2D eigenvalue weighted by Crippen LogP contribution is 2.16. The number of rotatable bonds is 5. The fourth-order valence-corrected chi connectivity index (χ4v) is 3.37. The van der Waals surface area contributed by atoms with E-state index < -0.39 is 0 Å². The standard InChI is InChI=1S/C17H27N3O/c1-15-3-2-4-16(13-15)18-6-8-19-7-5-17(14-19)20-9-11-21-12-10-20/h2-4,13,17-18H,5-12,14H2,1H3. The molecule has 0 aromatic heterocycles. The first-order valence-corrected chi connectivity index (χ1v) is 8.16. The smallest absolute Gasteiger partial charge is 0.0594 e. The fourth-order valence-electron chi connectivity index (χ4n) is 3.37. The van der Waals surface area contributed by atoms with Crippen LogP contribution < -0.4 is 5.32 Å². The molecule has 1 aromatic carbocycles. The first-order chi connectivity index (χ1) is 10.3. The summed E-state index contributed by atoms with van der Waals surface area (Å²) in [5.41, 5.74) is 2.55. The molecule has 1 aromatic rings. The Balaban J connectivity index is 1.38. The summed E-state index contributed by atoms with van der Waals surface area (Å²) < 4.78 is 5.44. The third-order valence-electron chi connectivity index (χ3n) is 4.58. The van der Waals surface area contributed by atoms with Crippen molar-refractivity contribution >= 4 is 5.69 Å². The Bertz CT molecular complexity index is 445. The molecule has 0 spiro atoms. The Morgan fingerprint density at radius 3 is 2.90 bits per heavy atom. The number of morpholine rings is 1. The number of anilines is 1. The molecule has 1 atom stereocenters. The van der Waals surface area contributed by atoms with Crippen LogP contribution in [0.5, 0.6) is 0 Å². The number of benzene rings is 1.